The van der Waals surface area contributed by atoms with Gasteiger partial charge in [-0.2, -0.15) is 0 Å². The Hall–Kier alpha value is -1.09. The van der Waals surface area contributed by atoms with Crippen molar-refractivity contribution in [1.29, 1.82) is 0 Å². The Labute approximate surface area is 95.4 Å². The summed E-state index contributed by atoms with van der Waals surface area (Å²) in [4.78, 5) is 11.8. The van der Waals surface area contributed by atoms with E-state index in [0.717, 1.165) is 28.3 Å². The van der Waals surface area contributed by atoms with Gasteiger partial charge in [-0.1, -0.05) is 12.1 Å². The quantitative estimate of drug-likeness (QED) is 0.773. The van der Waals surface area contributed by atoms with Crippen molar-refractivity contribution >= 4 is 32.7 Å². The molecule has 0 saturated heterocycles. The number of rotatable bonds is 2. The van der Waals surface area contributed by atoms with Gasteiger partial charge in [-0.25, -0.2) is 0 Å². The molecule has 0 N–H and O–H groups in total. The lowest BCUT2D eigenvalue weighted by atomic mass is 10.2. The van der Waals surface area contributed by atoms with Crippen molar-refractivity contribution in [3.8, 4) is 0 Å². The number of benzene rings is 1. The van der Waals surface area contributed by atoms with Gasteiger partial charge in [-0.15, -0.1) is 0 Å². The minimum Gasteiger partial charge on any atom is -0.452 e. The second kappa shape index (κ2) is 3.20. The van der Waals surface area contributed by atoms with E-state index < -0.39 is 0 Å². The minimum atomic E-state index is 0.151. The molecule has 3 heteroatoms. The number of Topliss-reactive ketones (excluding diaryl/α,β-unsaturated/α-hetero) is 1. The zero-order chi connectivity index (χ0) is 10.4. The maximum Gasteiger partial charge on any atom is 0.201 e. The van der Waals surface area contributed by atoms with E-state index in [1.165, 1.54) is 0 Å². The van der Waals surface area contributed by atoms with Gasteiger partial charge in [0, 0.05) is 11.3 Å². The first-order valence-electron chi connectivity index (χ1n) is 4.98. The fraction of sp³-hybridized carbons (Fsp3) is 0.250. The highest BCUT2D eigenvalue weighted by atomic mass is 79.9. The van der Waals surface area contributed by atoms with Gasteiger partial charge in [0.1, 0.15) is 5.58 Å². The summed E-state index contributed by atoms with van der Waals surface area (Å²) in [6.45, 7) is 0. The standard InChI is InChI=1S/C12H9BrO2/c13-9-3-1-2-8-6-10(15-12(8)9)11(14)7-4-5-7/h1-3,6-7H,4-5H2. The monoisotopic (exact) mass is 264 g/mol. The van der Waals surface area contributed by atoms with E-state index in [1.807, 2.05) is 24.3 Å². The number of fused-ring (bicyclic) bond motifs is 1. The number of furan rings is 1. The Kier molecular flexibility index (Phi) is 1.96. The largest absolute Gasteiger partial charge is 0.452 e. The Morgan fingerprint density at radius 3 is 2.87 bits per heavy atom. The van der Waals surface area contributed by atoms with Crippen LogP contribution in [0.4, 0.5) is 0 Å². The van der Waals surface area contributed by atoms with Crippen LogP contribution in [-0.2, 0) is 0 Å². The molecule has 15 heavy (non-hydrogen) atoms. The zero-order valence-corrected chi connectivity index (χ0v) is 9.58. The molecule has 1 aliphatic rings. The topological polar surface area (TPSA) is 30.2 Å². The van der Waals surface area contributed by atoms with Crippen LogP contribution in [0, 0.1) is 5.92 Å². The van der Waals surface area contributed by atoms with Gasteiger partial charge >= 0.3 is 0 Å². The van der Waals surface area contributed by atoms with Crippen molar-refractivity contribution in [3.05, 3.63) is 34.5 Å². The molecule has 1 fully saturated rings. The molecule has 1 aliphatic carbocycles. The van der Waals surface area contributed by atoms with E-state index in [-0.39, 0.29) is 11.7 Å². The van der Waals surface area contributed by atoms with E-state index in [0.29, 0.717) is 5.76 Å². The van der Waals surface area contributed by atoms with Crippen molar-refractivity contribution in [2.24, 2.45) is 5.92 Å². The molecule has 0 aliphatic heterocycles. The first-order valence-corrected chi connectivity index (χ1v) is 5.77. The van der Waals surface area contributed by atoms with Crippen molar-refractivity contribution in [1.82, 2.24) is 0 Å². The third-order valence-corrected chi connectivity index (χ3v) is 3.31. The number of hydrogen-bond acceptors (Lipinski definition) is 2. The predicted octanol–water partition coefficient (Wildman–Crippen LogP) is 3.79. The van der Waals surface area contributed by atoms with Crippen LogP contribution in [0.2, 0.25) is 0 Å². The van der Waals surface area contributed by atoms with Crippen LogP contribution in [0.15, 0.2) is 33.2 Å². The summed E-state index contributed by atoms with van der Waals surface area (Å²) in [6, 6.07) is 7.64. The van der Waals surface area contributed by atoms with E-state index in [2.05, 4.69) is 15.9 Å². The van der Waals surface area contributed by atoms with Crippen LogP contribution >= 0.6 is 15.9 Å². The smallest absolute Gasteiger partial charge is 0.201 e. The van der Waals surface area contributed by atoms with E-state index in [9.17, 15) is 4.79 Å². The van der Waals surface area contributed by atoms with Crippen LogP contribution in [0.3, 0.4) is 0 Å². The van der Waals surface area contributed by atoms with Crippen LogP contribution in [-0.4, -0.2) is 5.78 Å². The lowest BCUT2D eigenvalue weighted by Gasteiger charge is -1.91. The second-order valence-electron chi connectivity index (χ2n) is 3.91. The summed E-state index contributed by atoms with van der Waals surface area (Å²) in [7, 11) is 0. The van der Waals surface area contributed by atoms with Gasteiger partial charge in [-0.3, -0.25) is 4.79 Å². The van der Waals surface area contributed by atoms with Crippen LogP contribution < -0.4 is 0 Å². The van der Waals surface area contributed by atoms with E-state index in [4.69, 9.17) is 4.42 Å². The molecular weight excluding hydrogens is 256 g/mol. The molecule has 0 unspecified atom stereocenters. The van der Waals surface area contributed by atoms with Crippen LogP contribution in [0.5, 0.6) is 0 Å². The van der Waals surface area contributed by atoms with Crippen LogP contribution in [0.25, 0.3) is 11.0 Å². The molecule has 2 aromatic rings. The third-order valence-electron chi connectivity index (χ3n) is 2.69. The lowest BCUT2D eigenvalue weighted by molar-refractivity contribution is 0.0942. The van der Waals surface area contributed by atoms with Crippen molar-refractivity contribution in [2.45, 2.75) is 12.8 Å². The minimum absolute atomic E-state index is 0.151. The van der Waals surface area contributed by atoms with Gasteiger partial charge in [-0.05, 0) is 40.9 Å². The van der Waals surface area contributed by atoms with Crippen molar-refractivity contribution in [3.63, 3.8) is 0 Å². The summed E-state index contributed by atoms with van der Waals surface area (Å²) in [5.74, 6) is 0.863. The van der Waals surface area contributed by atoms with Crippen molar-refractivity contribution < 1.29 is 9.21 Å². The van der Waals surface area contributed by atoms with Gasteiger partial charge in [0.25, 0.3) is 0 Å². The number of ketones is 1. The second-order valence-corrected chi connectivity index (χ2v) is 4.76. The summed E-state index contributed by atoms with van der Waals surface area (Å²) in [5, 5.41) is 0.980. The molecule has 1 aromatic heterocycles. The van der Waals surface area contributed by atoms with Gasteiger partial charge in [0.05, 0.1) is 4.47 Å². The molecule has 1 aromatic carbocycles. The fourth-order valence-electron chi connectivity index (χ4n) is 1.70. The van der Waals surface area contributed by atoms with Crippen LogP contribution in [0.1, 0.15) is 23.4 Å². The number of carbonyl (C=O) groups is 1. The van der Waals surface area contributed by atoms with Gasteiger partial charge in [0.2, 0.25) is 5.78 Å². The highest BCUT2D eigenvalue weighted by Gasteiger charge is 2.32. The summed E-state index contributed by atoms with van der Waals surface area (Å²) in [6.07, 6.45) is 2.02. The maximum absolute atomic E-state index is 11.8. The lowest BCUT2D eigenvalue weighted by Crippen LogP contribution is -1.98. The maximum atomic E-state index is 11.8. The Bertz CT molecular complexity index is 538. The summed E-state index contributed by atoms with van der Waals surface area (Å²) >= 11 is 3.41. The first-order chi connectivity index (χ1) is 7.25. The van der Waals surface area contributed by atoms with Gasteiger partial charge < -0.3 is 4.42 Å². The molecule has 1 heterocycles. The molecule has 0 amide bonds. The summed E-state index contributed by atoms with van der Waals surface area (Å²) < 4.78 is 6.46. The molecule has 0 bridgehead atoms. The highest BCUT2D eigenvalue weighted by Crippen LogP contribution is 2.35. The first kappa shape index (κ1) is 9.16. The molecule has 1 saturated carbocycles. The van der Waals surface area contributed by atoms with Gasteiger partial charge in [0.15, 0.2) is 5.76 Å². The highest BCUT2D eigenvalue weighted by molar-refractivity contribution is 9.10. The van der Waals surface area contributed by atoms with Crippen molar-refractivity contribution in [2.75, 3.05) is 0 Å². The molecule has 2 nitrogen and oxygen atoms in total. The summed E-state index contributed by atoms with van der Waals surface area (Å²) in [5.41, 5.74) is 0.765. The number of carbonyl (C=O) groups excluding carboxylic acids is 1. The predicted molar refractivity (Wildman–Crippen MR) is 61.0 cm³/mol. The number of halogens is 1. The van der Waals surface area contributed by atoms with E-state index in [1.54, 1.807) is 0 Å². The zero-order valence-electron chi connectivity index (χ0n) is 8.00. The number of hydrogen-bond donors (Lipinski definition) is 0. The fourth-order valence-corrected chi connectivity index (χ4v) is 2.16. The number of para-hydroxylation sites is 1. The Morgan fingerprint density at radius 1 is 1.40 bits per heavy atom. The third kappa shape index (κ3) is 1.51. The molecule has 0 atom stereocenters. The molecular formula is C12H9BrO2. The average Bonchev–Trinajstić information content (AvgIpc) is 2.97. The SMILES string of the molecule is O=C(c1cc2cccc(Br)c2o1)C1CC1. The molecule has 76 valence electrons. The van der Waals surface area contributed by atoms with E-state index >= 15 is 0 Å². The Balaban J connectivity index is 2.13. The Morgan fingerprint density at radius 2 is 2.20 bits per heavy atom. The normalized spacial score (nSPS) is 15.8. The molecule has 0 spiro atoms. The average molecular weight is 265 g/mol. The molecule has 3 rings (SSSR count). The molecule has 0 radical (unpaired) electrons.